The predicted octanol–water partition coefficient (Wildman–Crippen LogP) is 3.91. The van der Waals surface area contributed by atoms with Gasteiger partial charge in [0.25, 0.3) is 0 Å². The lowest BCUT2D eigenvalue weighted by molar-refractivity contribution is 1.18. The van der Waals surface area contributed by atoms with E-state index in [9.17, 15) is 0 Å². The number of para-hydroxylation sites is 1. The molecule has 2 heteroatoms. The zero-order chi connectivity index (χ0) is 12.5. The summed E-state index contributed by atoms with van der Waals surface area (Å²) in [5.41, 5.74) is 6.18. The van der Waals surface area contributed by atoms with Crippen LogP contribution in [0.25, 0.3) is 22.3 Å². The number of hydrogen-bond donors (Lipinski definition) is 0. The molecular weight excluding hydrogens is 220 g/mol. The molecule has 0 radical (unpaired) electrons. The first-order valence-corrected chi connectivity index (χ1v) is 6.05. The number of aromatic nitrogens is 2. The number of hydrogen-bond acceptors (Lipinski definition) is 2. The highest BCUT2D eigenvalue weighted by Crippen LogP contribution is 2.23. The van der Waals surface area contributed by atoms with Gasteiger partial charge in [-0.1, -0.05) is 42.5 Å². The SMILES string of the molecule is Cc1nc2cccc(C)c2nc1-c1ccccc1. The van der Waals surface area contributed by atoms with Crippen molar-refractivity contribution in [2.45, 2.75) is 13.8 Å². The van der Waals surface area contributed by atoms with Crippen LogP contribution >= 0.6 is 0 Å². The Labute approximate surface area is 106 Å². The monoisotopic (exact) mass is 234 g/mol. The lowest BCUT2D eigenvalue weighted by Crippen LogP contribution is -1.95. The van der Waals surface area contributed by atoms with Gasteiger partial charge in [0.15, 0.2) is 0 Å². The van der Waals surface area contributed by atoms with Crippen LogP contribution in [-0.2, 0) is 0 Å². The second kappa shape index (κ2) is 4.22. The Morgan fingerprint density at radius 1 is 0.778 bits per heavy atom. The van der Waals surface area contributed by atoms with E-state index in [0.717, 1.165) is 33.5 Å². The van der Waals surface area contributed by atoms with E-state index in [2.05, 4.69) is 30.1 Å². The van der Waals surface area contributed by atoms with Crippen LogP contribution in [-0.4, -0.2) is 9.97 Å². The third-order valence-corrected chi connectivity index (χ3v) is 3.12. The molecule has 0 amide bonds. The summed E-state index contributed by atoms with van der Waals surface area (Å²) < 4.78 is 0. The van der Waals surface area contributed by atoms with E-state index in [1.807, 2.05) is 37.3 Å². The van der Waals surface area contributed by atoms with Crippen LogP contribution in [0.2, 0.25) is 0 Å². The molecule has 0 spiro atoms. The average Bonchev–Trinajstić information content (AvgIpc) is 2.39. The van der Waals surface area contributed by atoms with Crippen LogP contribution in [0.4, 0.5) is 0 Å². The van der Waals surface area contributed by atoms with Crippen LogP contribution < -0.4 is 0 Å². The van der Waals surface area contributed by atoms with Crippen LogP contribution in [0.5, 0.6) is 0 Å². The van der Waals surface area contributed by atoms with Gasteiger partial charge >= 0.3 is 0 Å². The number of fused-ring (bicyclic) bond motifs is 1. The van der Waals surface area contributed by atoms with E-state index in [-0.39, 0.29) is 0 Å². The molecule has 0 saturated heterocycles. The second-order valence-electron chi connectivity index (χ2n) is 4.47. The largest absolute Gasteiger partial charge is 0.249 e. The van der Waals surface area contributed by atoms with Gasteiger partial charge in [-0.25, -0.2) is 9.97 Å². The van der Waals surface area contributed by atoms with E-state index < -0.39 is 0 Å². The minimum Gasteiger partial charge on any atom is -0.249 e. The quantitative estimate of drug-likeness (QED) is 0.638. The second-order valence-corrected chi connectivity index (χ2v) is 4.47. The molecule has 88 valence electrons. The molecule has 0 N–H and O–H groups in total. The fourth-order valence-electron chi connectivity index (χ4n) is 2.17. The summed E-state index contributed by atoms with van der Waals surface area (Å²) in [6.45, 7) is 4.08. The molecule has 3 aromatic rings. The van der Waals surface area contributed by atoms with Crippen molar-refractivity contribution in [2.75, 3.05) is 0 Å². The minimum absolute atomic E-state index is 0.965. The van der Waals surface area contributed by atoms with E-state index in [1.165, 1.54) is 0 Å². The zero-order valence-corrected chi connectivity index (χ0v) is 10.5. The summed E-state index contributed by atoms with van der Waals surface area (Å²) in [6.07, 6.45) is 0. The van der Waals surface area contributed by atoms with Crippen molar-refractivity contribution in [3.8, 4) is 11.3 Å². The van der Waals surface area contributed by atoms with Crippen molar-refractivity contribution >= 4 is 11.0 Å². The summed E-state index contributed by atoms with van der Waals surface area (Å²) in [5, 5.41) is 0. The Hall–Kier alpha value is -2.22. The molecule has 3 rings (SSSR count). The molecule has 1 aromatic heterocycles. The molecule has 0 saturated carbocycles. The van der Waals surface area contributed by atoms with Crippen molar-refractivity contribution < 1.29 is 0 Å². The number of nitrogens with zero attached hydrogens (tertiary/aromatic N) is 2. The van der Waals surface area contributed by atoms with Crippen LogP contribution in [0.15, 0.2) is 48.5 Å². The first-order chi connectivity index (χ1) is 8.75. The Balaban J connectivity index is 2.31. The van der Waals surface area contributed by atoms with E-state index >= 15 is 0 Å². The molecule has 0 aliphatic heterocycles. The Morgan fingerprint density at radius 2 is 1.56 bits per heavy atom. The van der Waals surface area contributed by atoms with Crippen molar-refractivity contribution in [3.63, 3.8) is 0 Å². The fraction of sp³-hybridized carbons (Fsp3) is 0.125. The van der Waals surface area contributed by atoms with Crippen molar-refractivity contribution in [1.29, 1.82) is 0 Å². The maximum absolute atomic E-state index is 4.78. The first-order valence-electron chi connectivity index (χ1n) is 6.05. The topological polar surface area (TPSA) is 25.8 Å². The Bertz CT molecular complexity index is 703. The van der Waals surface area contributed by atoms with E-state index in [4.69, 9.17) is 4.98 Å². The molecule has 0 bridgehead atoms. The van der Waals surface area contributed by atoms with Crippen LogP contribution in [0, 0.1) is 13.8 Å². The molecule has 1 heterocycles. The van der Waals surface area contributed by atoms with Gasteiger partial charge in [-0.3, -0.25) is 0 Å². The molecule has 0 aliphatic rings. The van der Waals surface area contributed by atoms with Gasteiger partial charge in [-0.2, -0.15) is 0 Å². The third kappa shape index (κ3) is 1.76. The highest BCUT2D eigenvalue weighted by atomic mass is 14.8. The lowest BCUT2D eigenvalue weighted by atomic mass is 10.1. The van der Waals surface area contributed by atoms with Gasteiger partial charge in [-0.05, 0) is 25.5 Å². The van der Waals surface area contributed by atoms with Crippen molar-refractivity contribution in [3.05, 3.63) is 59.8 Å². The highest BCUT2D eigenvalue weighted by molar-refractivity contribution is 5.81. The maximum Gasteiger partial charge on any atom is 0.0923 e. The number of rotatable bonds is 1. The average molecular weight is 234 g/mol. The predicted molar refractivity (Wildman–Crippen MR) is 74.4 cm³/mol. The number of benzene rings is 2. The van der Waals surface area contributed by atoms with Gasteiger partial charge in [0.2, 0.25) is 0 Å². The molecule has 18 heavy (non-hydrogen) atoms. The lowest BCUT2D eigenvalue weighted by Gasteiger charge is -2.08. The van der Waals surface area contributed by atoms with Gasteiger partial charge < -0.3 is 0 Å². The smallest absolute Gasteiger partial charge is 0.0923 e. The molecule has 0 aliphatic carbocycles. The molecule has 0 unspecified atom stereocenters. The summed E-state index contributed by atoms with van der Waals surface area (Å²) in [7, 11) is 0. The minimum atomic E-state index is 0.965. The molecular formula is C16H14N2. The maximum atomic E-state index is 4.78. The van der Waals surface area contributed by atoms with Gasteiger partial charge in [0.1, 0.15) is 0 Å². The molecule has 0 fully saturated rings. The molecule has 0 atom stereocenters. The Morgan fingerprint density at radius 3 is 2.33 bits per heavy atom. The summed E-state index contributed by atoms with van der Waals surface area (Å²) >= 11 is 0. The van der Waals surface area contributed by atoms with Gasteiger partial charge in [-0.15, -0.1) is 0 Å². The van der Waals surface area contributed by atoms with Crippen LogP contribution in [0.3, 0.4) is 0 Å². The highest BCUT2D eigenvalue weighted by Gasteiger charge is 2.08. The number of aryl methyl sites for hydroxylation is 2. The zero-order valence-electron chi connectivity index (χ0n) is 10.5. The summed E-state index contributed by atoms with van der Waals surface area (Å²) in [5.74, 6) is 0. The van der Waals surface area contributed by atoms with Crippen molar-refractivity contribution in [2.24, 2.45) is 0 Å². The summed E-state index contributed by atoms with van der Waals surface area (Å²) in [6, 6.07) is 16.3. The van der Waals surface area contributed by atoms with E-state index in [0.29, 0.717) is 0 Å². The fourth-order valence-corrected chi connectivity index (χ4v) is 2.17. The first kappa shape index (κ1) is 10.9. The van der Waals surface area contributed by atoms with E-state index in [1.54, 1.807) is 0 Å². The molecule has 2 aromatic carbocycles. The van der Waals surface area contributed by atoms with Crippen molar-refractivity contribution in [1.82, 2.24) is 9.97 Å². The molecule has 2 nitrogen and oxygen atoms in total. The normalized spacial score (nSPS) is 10.8. The Kier molecular flexibility index (Phi) is 2.56. The third-order valence-electron chi connectivity index (χ3n) is 3.12. The van der Waals surface area contributed by atoms with Crippen LogP contribution in [0.1, 0.15) is 11.3 Å². The standard InChI is InChI=1S/C16H14N2/c1-11-7-6-10-14-15(11)18-16(12(2)17-14)13-8-4-3-5-9-13/h3-10H,1-2H3. The summed E-state index contributed by atoms with van der Waals surface area (Å²) in [4.78, 5) is 9.43. The van der Waals surface area contributed by atoms with Gasteiger partial charge in [0.05, 0.1) is 22.4 Å². The van der Waals surface area contributed by atoms with Gasteiger partial charge in [0, 0.05) is 5.56 Å².